The van der Waals surface area contributed by atoms with Gasteiger partial charge in [-0.3, -0.25) is 4.79 Å². The monoisotopic (exact) mass is 248 g/mol. The molecule has 0 radical (unpaired) electrons. The molecule has 0 aliphatic carbocycles. The predicted molar refractivity (Wildman–Crippen MR) is 62.9 cm³/mol. The molecule has 2 aromatic rings. The van der Waals surface area contributed by atoms with Crippen molar-refractivity contribution in [2.45, 2.75) is 6.92 Å². The van der Waals surface area contributed by atoms with Crippen LogP contribution in [0.4, 0.5) is 8.78 Å². The summed E-state index contributed by atoms with van der Waals surface area (Å²) in [6.45, 7) is 1.25. The van der Waals surface area contributed by atoms with Crippen LogP contribution in [0.3, 0.4) is 0 Å². The highest BCUT2D eigenvalue weighted by Gasteiger charge is 2.14. The molecule has 0 unspecified atom stereocenters. The summed E-state index contributed by atoms with van der Waals surface area (Å²) in [6.07, 6.45) is 0. The summed E-state index contributed by atoms with van der Waals surface area (Å²) in [7, 11) is 0. The van der Waals surface area contributed by atoms with Gasteiger partial charge >= 0.3 is 0 Å². The van der Waals surface area contributed by atoms with Crippen molar-refractivity contribution in [3.05, 3.63) is 59.7 Å². The third-order valence-corrected chi connectivity index (χ3v) is 2.35. The van der Waals surface area contributed by atoms with Crippen LogP contribution in [-0.2, 0) is 0 Å². The third-order valence-electron chi connectivity index (χ3n) is 2.35. The van der Waals surface area contributed by atoms with E-state index in [4.69, 9.17) is 4.74 Å². The molecule has 0 aliphatic rings. The van der Waals surface area contributed by atoms with Gasteiger partial charge in [0.05, 0.1) is 5.56 Å². The average molecular weight is 248 g/mol. The number of rotatable bonds is 3. The lowest BCUT2D eigenvalue weighted by molar-refractivity contribution is 0.101. The van der Waals surface area contributed by atoms with Gasteiger partial charge in [-0.15, -0.1) is 0 Å². The molecule has 4 heteroatoms. The normalized spacial score (nSPS) is 10.2. The van der Waals surface area contributed by atoms with Crippen molar-refractivity contribution in [2.24, 2.45) is 0 Å². The van der Waals surface area contributed by atoms with Gasteiger partial charge in [-0.2, -0.15) is 0 Å². The van der Waals surface area contributed by atoms with Crippen molar-refractivity contribution >= 4 is 5.78 Å². The number of halogens is 2. The molecular weight excluding hydrogens is 238 g/mol. The van der Waals surface area contributed by atoms with E-state index in [1.165, 1.54) is 43.3 Å². The average Bonchev–Trinajstić information content (AvgIpc) is 2.28. The van der Waals surface area contributed by atoms with Crippen molar-refractivity contribution in [2.75, 3.05) is 0 Å². The first-order valence-corrected chi connectivity index (χ1v) is 5.31. The summed E-state index contributed by atoms with van der Waals surface area (Å²) in [5.74, 6) is -1.28. The second kappa shape index (κ2) is 4.96. The number of Topliss-reactive ketones (excluding diaryl/α,β-unsaturated/α-hetero) is 1. The molecule has 0 saturated heterocycles. The minimum Gasteiger partial charge on any atom is -0.456 e. The number of carbonyl (C=O) groups excluding carboxylic acids is 1. The molecule has 0 aromatic heterocycles. The van der Waals surface area contributed by atoms with Gasteiger partial charge in [0.25, 0.3) is 0 Å². The van der Waals surface area contributed by atoms with Crippen molar-refractivity contribution in [3.8, 4) is 11.5 Å². The Morgan fingerprint density at radius 2 is 1.83 bits per heavy atom. The maximum atomic E-state index is 13.5. The Hall–Kier alpha value is -2.23. The van der Waals surface area contributed by atoms with E-state index in [2.05, 4.69) is 0 Å². The fraction of sp³-hybridized carbons (Fsp3) is 0.0714. The lowest BCUT2D eigenvalue weighted by atomic mass is 10.1. The molecule has 92 valence electrons. The van der Waals surface area contributed by atoms with Gasteiger partial charge in [0.15, 0.2) is 5.78 Å². The topological polar surface area (TPSA) is 26.3 Å². The Morgan fingerprint density at radius 1 is 1.11 bits per heavy atom. The number of hydrogen-bond acceptors (Lipinski definition) is 2. The van der Waals surface area contributed by atoms with Crippen LogP contribution in [0.1, 0.15) is 17.3 Å². The van der Waals surface area contributed by atoms with Crippen LogP contribution in [0, 0.1) is 11.6 Å². The van der Waals surface area contributed by atoms with Gasteiger partial charge in [0, 0.05) is 6.07 Å². The fourth-order valence-electron chi connectivity index (χ4n) is 1.59. The Morgan fingerprint density at radius 3 is 2.50 bits per heavy atom. The van der Waals surface area contributed by atoms with Gasteiger partial charge in [-0.05, 0) is 31.2 Å². The third kappa shape index (κ3) is 2.53. The molecule has 0 amide bonds. The first kappa shape index (κ1) is 12.2. The Balaban J connectivity index is 2.40. The van der Waals surface area contributed by atoms with E-state index in [9.17, 15) is 13.6 Å². The smallest absolute Gasteiger partial charge is 0.166 e. The van der Waals surface area contributed by atoms with Crippen molar-refractivity contribution < 1.29 is 18.3 Å². The predicted octanol–water partition coefficient (Wildman–Crippen LogP) is 3.96. The number of hydrogen-bond donors (Lipinski definition) is 0. The molecule has 0 bridgehead atoms. The zero-order valence-electron chi connectivity index (χ0n) is 9.61. The zero-order chi connectivity index (χ0) is 13.1. The van der Waals surface area contributed by atoms with Gasteiger partial charge in [-0.25, -0.2) is 8.78 Å². The standard InChI is InChI=1S/C14H10F2O2/c1-9(17)14-12(16)6-3-7-13(14)18-11-5-2-4-10(15)8-11/h2-8H,1H3. The van der Waals surface area contributed by atoms with Crippen molar-refractivity contribution in [1.82, 2.24) is 0 Å². The molecule has 0 atom stereocenters. The zero-order valence-corrected chi connectivity index (χ0v) is 9.61. The molecule has 2 nitrogen and oxygen atoms in total. The highest BCUT2D eigenvalue weighted by molar-refractivity contribution is 5.97. The highest BCUT2D eigenvalue weighted by Crippen LogP contribution is 2.27. The highest BCUT2D eigenvalue weighted by atomic mass is 19.1. The van der Waals surface area contributed by atoms with Crippen LogP contribution in [0.25, 0.3) is 0 Å². The van der Waals surface area contributed by atoms with Gasteiger partial charge in [0.2, 0.25) is 0 Å². The number of ether oxygens (including phenoxy) is 1. The SMILES string of the molecule is CC(=O)c1c(F)cccc1Oc1cccc(F)c1. The quantitative estimate of drug-likeness (QED) is 0.768. The molecule has 18 heavy (non-hydrogen) atoms. The number of ketones is 1. The van der Waals surface area contributed by atoms with Crippen LogP contribution in [0.2, 0.25) is 0 Å². The molecule has 0 N–H and O–H groups in total. The van der Waals surface area contributed by atoms with Crippen molar-refractivity contribution in [1.29, 1.82) is 0 Å². The molecular formula is C14H10F2O2. The van der Waals surface area contributed by atoms with E-state index in [1.54, 1.807) is 0 Å². The summed E-state index contributed by atoms with van der Waals surface area (Å²) < 4.78 is 31.8. The lowest BCUT2D eigenvalue weighted by Crippen LogP contribution is -2.00. The number of benzene rings is 2. The van der Waals surface area contributed by atoms with E-state index < -0.39 is 17.4 Å². The van der Waals surface area contributed by atoms with E-state index in [0.717, 1.165) is 6.07 Å². The summed E-state index contributed by atoms with van der Waals surface area (Å²) in [5.41, 5.74) is -0.137. The minimum absolute atomic E-state index is 0.0769. The first-order valence-electron chi connectivity index (χ1n) is 5.31. The second-order valence-corrected chi connectivity index (χ2v) is 3.73. The summed E-state index contributed by atoms with van der Waals surface area (Å²) in [6, 6.07) is 9.49. The summed E-state index contributed by atoms with van der Waals surface area (Å²) >= 11 is 0. The molecule has 0 saturated carbocycles. The van der Waals surface area contributed by atoms with Crippen LogP contribution in [-0.4, -0.2) is 5.78 Å². The maximum absolute atomic E-state index is 13.5. The van der Waals surface area contributed by atoms with E-state index in [0.29, 0.717) is 0 Å². The van der Waals surface area contributed by atoms with Crippen molar-refractivity contribution in [3.63, 3.8) is 0 Å². The van der Waals surface area contributed by atoms with Gasteiger partial charge in [-0.1, -0.05) is 12.1 Å². The van der Waals surface area contributed by atoms with E-state index >= 15 is 0 Å². The minimum atomic E-state index is -0.656. The molecule has 0 fully saturated rings. The van der Waals surface area contributed by atoms with E-state index in [1.807, 2.05) is 0 Å². The maximum Gasteiger partial charge on any atom is 0.166 e. The van der Waals surface area contributed by atoms with Crippen LogP contribution in [0.5, 0.6) is 11.5 Å². The lowest BCUT2D eigenvalue weighted by Gasteiger charge is -2.09. The van der Waals surface area contributed by atoms with E-state index in [-0.39, 0.29) is 17.1 Å². The molecule has 0 heterocycles. The number of carbonyl (C=O) groups is 1. The fourth-order valence-corrected chi connectivity index (χ4v) is 1.59. The Kier molecular flexibility index (Phi) is 3.37. The molecule has 0 aliphatic heterocycles. The first-order chi connectivity index (χ1) is 8.58. The second-order valence-electron chi connectivity index (χ2n) is 3.73. The largest absolute Gasteiger partial charge is 0.456 e. The van der Waals surface area contributed by atoms with Crippen LogP contribution in [0.15, 0.2) is 42.5 Å². The van der Waals surface area contributed by atoms with Crippen LogP contribution >= 0.6 is 0 Å². The Labute approximate surface area is 103 Å². The van der Waals surface area contributed by atoms with Crippen LogP contribution < -0.4 is 4.74 Å². The Bertz CT molecular complexity index is 594. The molecule has 0 spiro atoms. The van der Waals surface area contributed by atoms with Gasteiger partial charge < -0.3 is 4.74 Å². The molecule has 2 rings (SSSR count). The summed E-state index contributed by atoms with van der Waals surface area (Å²) in [4.78, 5) is 11.4. The summed E-state index contributed by atoms with van der Waals surface area (Å²) in [5, 5.41) is 0. The molecule has 2 aromatic carbocycles. The van der Waals surface area contributed by atoms with Gasteiger partial charge in [0.1, 0.15) is 23.1 Å².